The maximum atomic E-state index is 5.37. The van der Waals surface area contributed by atoms with Gasteiger partial charge in [-0.1, -0.05) is 12.1 Å². The fourth-order valence-corrected chi connectivity index (χ4v) is 1.64. The molecule has 7 heteroatoms. The van der Waals surface area contributed by atoms with Crippen LogP contribution < -0.4 is 15.4 Å². The molecule has 0 saturated heterocycles. The number of halogens is 1. The number of methoxy groups -OCH3 is 2. The van der Waals surface area contributed by atoms with Crippen LogP contribution in [-0.2, 0) is 16.0 Å². The molecule has 0 amide bonds. The second kappa shape index (κ2) is 13.6. The average molecular weight is 423 g/mol. The smallest absolute Gasteiger partial charge is 0.191 e. The second-order valence-electron chi connectivity index (χ2n) is 4.31. The van der Waals surface area contributed by atoms with Crippen molar-refractivity contribution >= 4 is 29.9 Å². The van der Waals surface area contributed by atoms with E-state index in [1.807, 2.05) is 24.3 Å². The highest BCUT2D eigenvalue weighted by Crippen LogP contribution is 2.10. The van der Waals surface area contributed by atoms with Gasteiger partial charge in [-0.25, -0.2) is 0 Å². The average Bonchev–Trinajstić information content (AvgIpc) is 2.54. The first-order valence-corrected chi connectivity index (χ1v) is 6.94. The molecule has 0 aliphatic rings. The van der Waals surface area contributed by atoms with Crippen molar-refractivity contribution in [3.05, 3.63) is 29.8 Å². The Morgan fingerprint density at radius 1 is 1.05 bits per heavy atom. The summed E-state index contributed by atoms with van der Waals surface area (Å²) in [6.07, 6.45) is 0. The van der Waals surface area contributed by atoms with Gasteiger partial charge < -0.3 is 24.8 Å². The predicted octanol–water partition coefficient (Wildman–Crippen LogP) is 1.64. The summed E-state index contributed by atoms with van der Waals surface area (Å²) in [6, 6.07) is 7.92. The fourth-order valence-electron chi connectivity index (χ4n) is 1.64. The molecule has 1 rings (SSSR count). The van der Waals surface area contributed by atoms with Crippen LogP contribution in [0.25, 0.3) is 0 Å². The largest absolute Gasteiger partial charge is 0.497 e. The van der Waals surface area contributed by atoms with E-state index < -0.39 is 0 Å². The number of rotatable bonds is 9. The van der Waals surface area contributed by atoms with Crippen molar-refractivity contribution in [1.29, 1.82) is 0 Å². The molecule has 0 radical (unpaired) electrons. The highest BCUT2D eigenvalue weighted by molar-refractivity contribution is 14.0. The first-order valence-electron chi connectivity index (χ1n) is 6.94. The Labute approximate surface area is 149 Å². The summed E-state index contributed by atoms with van der Waals surface area (Å²) in [4.78, 5) is 4.16. The monoisotopic (exact) mass is 423 g/mol. The summed E-state index contributed by atoms with van der Waals surface area (Å²) in [7, 11) is 5.06. The van der Waals surface area contributed by atoms with Gasteiger partial charge in [-0.3, -0.25) is 4.99 Å². The van der Waals surface area contributed by atoms with Gasteiger partial charge in [0, 0.05) is 27.2 Å². The molecule has 0 fully saturated rings. The molecule has 22 heavy (non-hydrogen) atoms. The minimum Gasteiger partial charge on any atom is -0.497 e. The molecule has 0 bridgehead atoms. The van der Waals surface area contributed by atoms with E-state index in [-0.39, 0.29) is 24.0 Å². The summed E-state index contributed by atoms with van der Waals surface area (Å²) in [5, 5.41) is 6.43. The fraction of sp³-hybridized carbons (Fsp3) is 0.533. The predicted molar refractivity (Wildman–Crippen MR) is 99.3 cm³/mol. The summed E-state index contributed by atoms with van der Waals surface area (Å²) in [6.45, 7) is 3.24. The van der Waals surface area contributed by atoms with Crippen molar-refractivity contribution < 1.29 is 14.2 Å². The van der Waals surface area contributed by atoms with Crippen molar-refractivity contribution in [2.24, 2.45) is 4.99 Å². The zero-order valence-corrected chi connectivity index (χ0v) is 15.8. The lowest BCUT2D eigenvalue weighted by molar-refractivity contribution is 0.0733. The van der Waals surface area contributed by atoms with E-state index in [4.69, 9.17) is 14.2 Å². The van der Waals surface area contributed by atoms with Crippen LogP contribution in [0.5, 0.6) is 5.75 Å². The summed E-state index contributed by atoms with van der Waals surface area (Å²) in [5.41, 5.74) is 1.16. The minimum absolute atomic E-state index is 0. The molecule has 1 aromatic rings. The first-order chi connectivity index (χ1) is 10.3. The number of hydrogen-bond acceptors (Lipinski definition) is 4. The van der Waals surface area contributed by atoms with Crippen LogP contribution in [0.4, 0.5) is 0 Å². The van der Waals surface area contributed by atoms with Gasteiger partial charge in [-0.05, 0) is 17.7 Å². The van der Waals surface area contributed by atoms with Crippen LogP contribution in [0.3, 0.4) is 0 Å². The molecule has 126 valence electrons. The summed E-state index contributed by atoms with van der Waals surface area (Å²) in [5.74, 6) is 1.61. The Hall–Kier alpha value is -1.06. The molecular formula is C15H26IN3O3. The van der Waals surface area contributed by atoms with Gasteiger partial charge in [0.2, 0.25) is 0 Å². The minimum atomic E-state index is 0. The number of aliphatic imine (C=N–C) groups is 1. The van der Waals surface area contributed by atoms with Crippen LogP contribution in [0.1, 0.15) is 5.56 Å². The van der Waals surface area contributed by atoms with Crippen LogP contribution >= 0.6 is 24.0 Å². The van der Waals surface area contributed by atoms with Crippen molar-refractivity contribution in [2.45, 2.75) is 6.54 Å². The first kappa shape index (κ1) is 20.9. The molecule has 0 heterocycles. The second-order valence-corrected chi connectivity index (χ2v) is 4.31. The Morgan fingerprint density at radius 3 is 2.36 bits per heavy atom. The maximum Gasteiger partial charge on any atom is 0.191 e. The molecule has 1 aromatic carbocycles. The quantitative estimate of drug-likeness (QED) is 0.274. The molecule has 0 unspecified atom stereocenters. The molecule has 0 saturated carbocycles. The molecule has 0 aromatic heterocycles. The molecule has 0 spiro atoms. The third-order valence-corrected chi connectivity index (χ3v) is 2.81. The molecular weight excluding hydrogens is 397 g/mol. The lowest BCUT2D eigenvalue weighted by Gasteiger charge is -2.12. The molecule has 0 aliphatic carbocycles. The van der Waals surface area contributed by atoms with Crippen molar-refractivity contribution in [3.8, 4) is 5.75 Å². The number of guanidine groups is 1. The van der Waals surface area contributed by atoms with E-state index in [0.29, 0.717) is 32.9 Å². The zero-order valence-electron chi connectivity index (χ0n) is 13.4. The zero-order chi connectivity index (χ0) is 15.3. The Bertz CT molecular complexity index is 413. The Kier molecular flexibility index (Phi) is 12.9. The Balaban J connectivity index is 0.00000441. The highest BCUT2D eigenvalue weighted by Gasteiger charge is 1.98. The van der Waals surface area contributed by atoms with Gasteiger partial charge in [0.1, 0.15) is 5.75 Å². The Morgan fingerprint density at radius 2 is 1.77 bits per heavy atom. The molecule has 0 aliphatic heterocycles. The number of hydrogen-bond donors (Lipinski definition) is 2. The number of nitrogens with one attached hydrogen (secondary N) is 2. The molecule has 6 nitrogen and oxygen atoms in total. The van der Waals surface area contributed by atoms with Crippen LogP contribution in [0, 0.1) is 0 Å². The normalized spacial score (nSPS) is 10.8. The van der Waals surface area contributed by atoms with Crippen molar-refractivity contribution in [3.63, 3.8) is 0 Å². The standard InChI is InChI=1S/C15H25N3O3.HI/c1-16-15(17-8-9-21-11-10-19-2)18-12-13-4-6-14(20-3)7-5-13;/h4-7H,8-12H2,1-3H3,(H2,16,17,18);1H. The lowest BCUT2D eigenvalue weighted by atomic mass is 10.2. The van der Waals surface area contributed by atoms with Crippen molar-refractivity contribution in [1.82, 2.24) is 10.6 Å². The van der Waals surface area contributed by atoms with E-state index in [2.05, 4.69) is 15.6 Å². The summed E-state index contributed by atoms with van der Waals surface area (Å²) < 4.78 is 15.4. The van der Waals surface area contributed by atoms with Gasteiger partial charge >= 0.3 is 0 Å². The highest BCUT2D eigenvalue weighted by atomic mass is 127. The van der Waals surface area contributed by atoms with Gasteiger partial charge in [0.25, 0.3) is 0 Å². The van der Waals surface area contributed by atoms with E-state index in [1.165, 1.54) is 0 Å². The molecule has 2 N–H and O–H groups in total. The van der Waals surface area contributed by atoms with Crippen LogP contribution in [0.15, 0.2) is 29.3 Å². The van der Waals surface area contributed by atoms with Crippen LogP contribution in [0.2, 0.25) is 0 Å². The van der Waals surface area contributed by atoms with E-state index in [1.54, 1.807) is 21.3 Å². The van der Waals surface area contributed by atoms with Gasteiger partial charge in [-0.2, -0.15) is 0 Å². The third-order valence-electron chi connectivity index (χ3n) is 2.81. The third kappa shape index (κ3) is 9.06. The van der Waals surface area contributed by atoms with E-state index in [9.17, 15) is 0 Å². The topological polar surface area (TPSA) is 64.1 Å². The lowest BCUT2D eigenvalue weighted by Crippen LogP contribution is -2.38. The van der Waals surface area contributed by atoms with Gasteiger partial charge in [0.15, 0.2) is 5.96 Å². The van der Waals surface area contributed by atoms with Crippen LogP contribution in [-0.4, -0.2) is 53.6 Å². The number of nitrogens with zero attached hydrogens (tertiary/aromatic N) is 1. The SMILES string of the molecule is CN=C(NCCOCCOC)NCc1ccc(OC)cc1.I. The van der Waals surface area contributed by atoms with E-state index in [0.717, 1.165) is 17.3 Å². The molecule has 0 atom stereocenters. The van der Waals surface area contributed by atoms with Gasteiger partial charge in [-0.15, -0.1) is 24.0 Å². The number of ether oxygens (including phenoxy) is 3. The number of benzene rings is 1. The van der Waals surface area contributed by atoms with Gasteiger partial charge in [0.05, 0.1) is 26.9 Å². The van der Waals surface area contributed by atoms with E-state index >= 15 is 0 Å². The summed E-state index contributed by atoms with van der Waals surface area (Å²) >= 11 is 0. The maximum absolute atomic E-state index is 5.37. The van der Waals surface area contributed by atoms with Crippen molar-refractivity contribution in [2.75, 3.05) is 47.6 Å².